The number of primary amides is 1. The maximum atomic E-state index is 11.3. The fourth-order valence-electron chi connectivity index (χ4n) is 1.36. The Morgan fingerprint density at radius 1 is 1.47 bits per heavy atom. The van der Waals surface area contributed by atoms with E-state index in [0.717, 1.165) is 0 Å². The number of nitrogens with zero attached hydrogens (tertiary/aromatic N) is 1. The van der Waals surface area contributed by atoms with Gasteiger partial charge in [-0.1, -0.05) is 6.07 Å². The fraction of sp³-hybridized carbons (Fsp3) is 0.364. The van der Waals surface area contributed by atoms with Gasteiger partial charge in [0.25, 0.3) is 0 Å². The van der Waals surface area contributed by atoms with Crippen LogP contribution in [0.2, 0.25) is 0 Å². The molecule has 1 aromatic rings. The summed E-state index contributed by atoms with van der Waals surface area (Å²) in [7, 11) is 1.34. The third-order valence-electron chi connectivity index (χ3n) is 2.71. The molecule has 0 aliphatic heterocycles. The van der Waals surface area contributed by atoms with Crippen molar-refractivity contribution in [3.8, 4) is 5.75 Å². The number of carbonyl (C=O) groups excluding carboxylic acids is 1. The van der Waals surface area contributed by atoms with Crippen LogP contribution in [0.25, 0.3) is 0 Å². The molecule has 92 valence electrons. The molecule has 1 amide bonds. The highest BCUT2D eigenvalue weighted by atomic mass is 16.6. The van der Waals surface area contributed by atoms with Crippen LogP contribution >= 0.6 is 0 Å². The number of benzene rings is 1. The third-order valence-corrected chi connectivity index (χ3v) is 2.71. The van der Waals surface area contributed by atoms with Gasteiger partial charge in [0.2, 0.25) is 5.91 Å². The Hall–Kier alpha value is -2.11. The number of nitro groups is 1. The number of rotatable bonds is 4. The summed E-state index contributed by atoms with van der Waals surface area (Å²) in [5.41, 5.74) is 4.81. The molecule has 0 saturated carbocycles. The Balaban J connectivity index is 3.32. The first-order chi connectivity index (χ1) is 7.80. The van der Waals surface area contributed by atoms with Crippen LogP contribution in [-0.4, -0.2) is 17.9 Å². The van der Waals surface area contributed by atoms with Crippen LogP contribution < -0.4 is 10.5 Å². The van der Waals surface area contributed by atoms with Crippen LogP contribution in [0.1, 0.15) is 19.4 Å². The summed E-state index contributed by atoms with van der Waals surface area (Å²) in [5.74, 6) is -0.393. The lowest BCUT2D eigenvalue weighted by Gasteiger charge is -2.21. The minimum atomic E-state index is -0.900. The molecule has 0 bridgehead atoms. The van der Waals surface area contributed by atoms with Gasteiger partial charge in [-0.15, -0.1) is 0 Å². The van der Waals surface area contributed by atoms with Crippen LogP contribution in [0, 0.1) is 10.1 Å². The molecule has 1 aromatic carbocycles. The van der Waals surface area contributed by atoms with Crippen molar-refractivity contribution in [2.24, 2.45) is 5.73 Å². The van der Waals surface area contributed by atoms with Gasteiger partial charge < -0.3 is 10.5 Å². The monoisotopic (exact) mass is 238 g/mol. The van der Waals surface area contributed by atoms with Gasteiger partial charge >= 0.3 is 5.69 Å². The summed E-state index contributed by atoms with van der Waals surface area (Å²) in [6.07, 6.45) is 0. The average molecular weight is 238 g/mol. The van der Waals surface area contributed by atoms with Crippen LogP contribution in [0.15, 0.2) is 18.2 Å². The molecule has 2 N–H and O–H groups in total. The predicted molar refractivity (Wildman–Crippen MR) is 61.9 cm³/mol. The summed E-state index contributed by atoms with van der Waals surface area (Å²) >= 11 is 0. The topological polar surface area (TPSA) is 95.5 Å². The van der Waals surface area contributed by atoms with Crippen molar-refractivity contribution in [1.82, 2.24) is 0 Å². The number of amides is 1. The zero-order valence-electron chi connectivity index (χ0n) is 9.89. The minimum Gasteiger partial charge on any atom is -0.490 e. The van der Waals surface area contributed by atoms with Crippen molar-refractivity contribution >= 4 is 11.6 Å². The van der Waals surface area contributed by atoms with E-state index < -0.39 is 16.2 Å². The zero-order valence-corrected chi connectivity index (χ0v) is 9.89. The summed E-state index contributed by atoms with van der Waals surface area (Å²) < 4.78 is 4.93. The molecule has 0 atom stereocenters. The lowest BCUT2D eigenvalue weighted by Crippen LogP contribution is -2.35. The number of carbonyl (C=O) groups is 1. The Bertz CT molecular complexity index is 469. The second-order valence-electron chi connectivity index (χ2n) is 4.13. The first-order valence-corrected chi connectivity index (χ1v) is 4.93. The molecular formula is C11H14N2O4. The molecule has 0 spiro atoms. The molecule has 6 heteroatoms. The molecule has 0 unspecified atom stereocenters. The van der Waals surface area contributed by atoms with Gasteiger partial charge in [-0.3, -0.25) is 14.9 Å². The van der Waals surface area contributed by atoms with Gasteiger partial charge in [-0.05, 0) is 25.5 Å². The largest absolute Gasteiger partial charge is 0.490 e. The number of nitro benzene ring substituents is 1. The molecule has 6 nitrogen and oxygen atoms in total. The SMILES string of the molecule is COc1cc(C(C)(C)C(N)=O)ccc1[N+](=O)[O-]. The molecule has 1 rings (SSSR count). The van der Waals surface area contributed by atoms with Crippen molar-refractivity contribution in [1.29, 1.82) is 0 Å². The number of hydrogen-bond acceptors (Lipinski definition) is 4. The summed E-state index contributed by atoms with van der Waals surface area (Å²) in [6, 6.07) is 4.27. The van der Waals surface area contributed by atoms with Crippen molar-refractivity contribution in [3.05, 3.63) is 33.9 Å². The van der Waals surface area contributed by atoms with Gasteiger partial charge in [0, 0.05) is 6.07 Å². The Labute approximate surface area is 98.5 Å². The van der Waals surface area contributed by atoms with Crippen LogP contribution in [0.3, 0.4) is 0 Å². The smallest absolute Gasteiger partial charge is 0.310 e. The zero-order chi connectivity index (χ0) is 13.2. The van der Waals surface area contributed by atoms with E-state index in [1.165, 1.54) is 25.3 Å². The highest BCUT2D eigenvalue weighted by Gasteiger charge is 2.29. The van der Waals surface area contributed by atoms with Gasteiger partial charge in [-0.25, -0.2) is 0 Å². The first-order valence-electron chi connectivity index (χ1n) is 4.93. The van der Waals surface area contributed by atoms with Gasteiger partial charge in [0.1, 0.15) is 0 Å². The molecule has 0 fully saturated rings. The number of hydrogen-bond donors (Lipinski definition) is 1. The van der Waals surface area contributed by atoms with E-state index in [1.54, 1.807) is 13.8 Å². The minimum absolute atomic E-state index is 0.113. The number of nitrogens with two attached hydrogens (primary N) is 1. The second-order valence-corrected chi connectivity index (χ2v) is 4.13. The van der Waals surface area contributed by atoms with Gasteiger partial charge in [0.15, 0.2) is 5.75 Å². The number of ether oxygens (including phenoxy) is 1. The van der Waals surface area contributed by atoms with E-state index in [2.05, 4.69) is 0 Å². The molecule has 0 saturated heterocycles. The average Bonchev–Trinajstić information content (AvgIpc) is 2.27. The highest BCUT2D eigenvalue weighted by molar-refractivity contribution is 5.86. The van der Waals surface area contributed by atoms with Crippen molar-refractivity contribution in [2.45, 2.75) is 19.3 Å². The van der Waals surface area contributed by atoms with E-state index in [0.29, 0.717) is 5.56 Å². The second kappa shape index (κ2) is 4.40. The molecule has 17 heavy (non-hydrogen) atoms. The first kappa shape index (κ1) is 13.0. The van der Waals surface area contributed by atoms with Crippen molar-refractivity contribution in [2.75, 3.05) is 7.11 Å². The van der Waals surface area contributed by atoms with Crippen molar-refractivity contribution < 1.29 is 14.5 Å². The maximum Gasteiger partial charge on any atom is 0.310 e. The summed E-state index contributed by atoms with van der Waals surface area (Å²) in [5, 5.41) is 10.7. The Morgan fingerprint density at radius 2 is 2.06 bits per heavy atom. The molecule has 0 radical (unpaired) electrons. The molecule has 0 aromatic heterocycles. The Morgan fingerprint density at radius 3 is 2.47 bits per heavy atom. The van der Waals surface area contributed by atoms with Gasteiger partial charge in [-0.2, -0.15) is 0 Å². The lowest BCUT2D eigenvalue weighted by molar-refractivity contribution is -0.385. The standard InChI is InChI=1S/C11H14N2O4/c1-11(2,10(12)14)7-4-5-8(13(15)16)9(6-7)17-3/h4-6H,1-3H3,(H2,12,14). The summed E-state index contributed by atoms with van der Waals surface area (Å²) in [4.78, 5) is 21.5. The molecule has 0 heterocycles. The summed E-state index contributed by atoms with van der Waals surface area (Å²) in [6.45, 7) is 3.30. The lowest BCUT2D eigenvalue weighted by atomic mass is 9.84. The highest BCUT2D eigenvalue weighted by Crippen LogP contribution is 2.32. The maximum absolute atomic E-state index is 11.3. The molecule has 0 aliphatic carbocycles. The predicted octanol–water partition coefficient (Wildman–Crippen LogP) is 1.37. The molecular weight excluding hydrogens is 224 g/mol. The van der Waals surface area contributed by atoms with Crippen LogP contribution in [0.4, 0.5) is 5.69 Å². The Kier molecular flexibility index (Phi) is 3.36. The fourth-order valence-corrected chi connectivity index (χ4v) is 1.36. The number of methoxy groups -OCH3 is 1. The normalized spacial score (nSPS) is 11.0. The molecule has 0 aliphatic rings. The van der Waals surface area contributed by atoms with Crippen molar-refractivity contribution in [3.63, 3.8) is 0 Å². The van der Waals surface area contributed by atoms with E-state index in [1.807, 2.05) is 0 Å². The van der Waals surface area contributed by atoms with Gasteiger partial charge in [0.05, 0.1) is 17.4 Å². The van der Waals surface area contributed by atoms with E-state index in [4.69, 9.17) is 10.5 Å². The van der Waals surface area contributed by atoms with Crippen LogP contribution in [0.5, 0.6) is 5.75 Å². The third kappa shape index (κ3) is 2.35. The van der Waals surface area contributed by atoms with Crippen LogP contribution in [-0.2, 0) is 10.2 Å². The quantitative estimate of drug-likeness (QED) is 0.632. The van der Waals surface area contributed by atoms with E-state index in [-0.39, 0.29) is 11.4 Å². The van der Waals surface area contributed by atoms with E-state index in [9.17, 15) is 14.9 Å². The van der Waals surface area contributed by atoms with E-state index >= 15 is 0 Å².